The molecule has 0 saturated heterocycles. The molecular formula is C25H22N2O4. The minimum Gasteiger partial charge on any atom is -0.467 e. The zero-order valence-corrected chi connectivity index (χ0v) is 17.0. The molecule has 0 bridgehead atoms. The van der Waals surface area contributed by atoms with Crippen LogP contribution in [-0.4, -0.2) is 30.0 Å². The maximum atomic E-state index is 12.8. The first-order valence-electron chi connectivity index (χ1n) is 9.90. The molecule has 1 amide bonds. The van der Waals surface area contributed by atoms with Gasteiger partial charge < -0.3 is 19.8 Å². The molecule has 6 nitrogen and oxygen atoms in total. The number of amides is 1. The molecular weight excluding hydrogens is 392 g/mol. The van der Waals surface area contributed by atoms with Crippen LogP contribution in [0, 0.1) is 0 Å². The molecule has 0 saturated carbocycles. The first kappa shape index (κ1) is 20.2. The van der Waals surface area contributed by atoms with Crippen LogP contribution in [0.5, 0.6) is 11.5 Å². The summed E-state index contributed by atoms with van der Waals surface area (Å²) in [5.41, 5.74) is 2.33. The normalized spacial score (nSPS) is 11.6. The van der Waals surface area contributed by atoms with E-state index in [2.05, 4.69) is 10.3 Å². The molecule has 4 rings (SSSR count). The number of fused-ring (bicyclic) bond motifs is 1. The SMILES string of the molecule is COC(=O)C(Cc1c[nH]c2ccccc12)NC(=O)c1ccc(Oc2ccccc2)cc1. The maximum absolute atomic E-state index is 12.8. The lowest BCUT2D eigenvalue weighted by atomic mass is 10.0. The fourth-order valence-corrected chi connectivity index (χ4v) is 3.40. The largest absolute Gasteiger partial charge is 0.467 e. The number of nitrogens with one attached hydrogen (secondary N) is 2. The predicted molar refractivity (Wildman–Crippen MR) is 118 cm³/mol. The Morgan fingerprint density at radius 2 is 1.58 bits per heavy atom. The third-order valence-corrected chi connectivity index (χ3v) is 4.99. The second-order valence-electron chi connectivity index (χ2n) is 7.05. The molecule has 0 aliphatic heterocycles. The molecule has 0 radical (unpaired) electrons. The maximum Gasteiger partial charge on any atom is 0.328 e. The lowest BCUT2D eigenvalue weighted by Crippen LogP contribution is -2.43. The monoisotopic (exact) mass is 414 g/mol. The van der Waals surface area contributed by atoms with Crippen LogP contribution in [0.1, 0.15) is 15.9 Å². The van der Waals surface area contributed by atoms with Crippen molar-refractivity contribution in [3.8, 4) is 11.5 Å². The van der Waals surface area contributed by atoms with Gasteiger partial charge in [0.2, 0.25) is 0 Å². The molecule has 1 aromatic heterocycles. The number of esters is 1. The van der Waals surface area contributed by atoms with Crippen molar-refractivity contribution in [3.05, 3.63) is 96.2 Å². The van der Waals surface area contributed by atoms with E-state index in [9.17, 15) is 9.59 Å². The van der Waals surface area contributed by atoms with Gasteiger partial charge in [0.05, 0.1) is 7.11 Å². The van der Waals surface area contributed by atoms with Crippen LogP contribution in [0.3, 0.4) is 0 Å². The molecule has 3 aromatic carbocycles. The minimum atomic E-state index is -0.808. The Balaban J connectivity index is 1.46. The lowest BCUT2D eigenvalue weighted by molar-refractivity contribution is -0.142. The quantitative estimate of drug-likeness (QED) is 0.437. The first-order valence-corrected chi connectivity index (χ1v) is 9.90. The number of carbonyl (C=O) groups excluding carboxylic acids is 2. The van der Waals surface area contributed by atoms with Crippen LogP contribution in [-0.2, 0) is 16.0 Å². The third-order valence-electron chi connectivity index (χ3n) is 4.99. The average molecular weight is 414 g/mol. The molecule has 2 N–H and O–H groups in total. The van der Waals surface area contributed by atoms with E-state index in [0.29, 0.717) is 23.5 Å². The molecule has 31 heavy (non-hydrogen) atoms. The summed E-state index contributed by atoms with van der Waals surface area (Å²) in [6, 6.07) is 23.1. The van der Waals surface area contributed by atoms with Crippen molar-refractivity contribution in [2.75, 3.05) is 7.11 Å². The number of aromatic nitrogens is 1. The Morgan fingerprint density at radius 1 is 0.903 bits per heavy atom. The molecule has 1 unspecified atom stereocenters. The molecule has 0 aliphatic rings. The van der Waals surface area contributed by atoms with Crippen molar-refractivity contribution < 1.29 is 19.1 Å². The van der Waals surface area contributed by atoms with Gasteiger partial charge in [-0.3, -0.25) is 4.79 Å². The highest BCUT2D eigenvalue weighted by atomic mass is 16.5. The number of benzene rings is 3. The van der Waals surface area contributed by atoms with Gasteiger partial charge in [-0.15, -0.1) is 0 Å². The summed E-state index contributed by atoms with van der Waals surface area (Å²) in [5.74, 6) is 0.472. The van der Waals surface area contributed by atoms with E-state index < -0.39 is 12.0 Å². The number of aromatic amines is 1. The van der Waals surface area contributed by atoms with Crippen LogP contribution in [0.15, 0.2) is 85.1 Å². The summed E-state index contributed by atoms with van der Waals surface area (Å²) in [4.78, 5) is 28.3. The fourth-order valence-electron chi connectivity index (χ4n) is 3.40. The number of hydrogen-bond donors (Lipinski definition) is 2. The number of methoxy groups -OCH3 is 1. The summed E-state index contributed by atoms with van der Waals surface area (Å²) in [6.07, 6.45) is 2.17. The lowest BCUT2D eigenvalue weighted by Gasteiger charge is -2.16. The van der Waals surface area contributed by atoms with Crippen LogP contribution in [0.2, 0.25) is 0 Å². The molecule has 6 heteroatoms. The van der Waals surface area contributed by atoms with Crippen molar-refractivity contribution >= 4 is 22.8 Å². The Labute approximate surface area is 179 Å². The second-order valence-corrected chi connectivity index (χ2v) is 7.05. The Bertz CT molecular complexity index is 1180. The fraction of sp³-hybridized carbons (Fsp3) is 0.120. The van der Waals surface area contributed by atoms with Crippen molar-refractivity contribution in [1.29, 1.82) is 0 Å². The number of ether oxygens (including phenoxy) is 2. The summed E-state index contributed by atoms with van der Waals surface area (Å²) in [6.45, 7) is 0. The molecule has 0 fully saturated rings. The van der Waals surface area contributed by atoms with Crippen molar-refractivity contribution in [2.45, 2.75) is 12.5 Å². The third kappa shape index (κ3) is 4.75. The van der Waals surface area contributed by atoms with Gasteiger partial charge in [0.25, 0.3) is 5.91 Å². The molecule has 156 valence electrons. The Hall–Kier alpha value is -4.06. The minimum absolute atomic E-state index is 0.317. The van der Waals surface area contributed by atoms with Gasteiger partial charge in [-0.25, -0.2) is 4.79 Å². The van der Waals surface area contributed by atoms with Gasteiger partial charge in [-0.2, -0.15) is 0 Å². The number of para-hydroxylation sites is 2. The van der Waals surface area contributed by atoms with Crippen molar-refractivity contribution in [2.24, 2.45) is 0 Å². The number of carbonyl (C=O) groups is 2. The summed E-state index contributed by atoms with van der Waals surface area (Å²) < 4.78 is 10.7. The number of H-pyrrole nitrogens is 1. The summed E-state index contributed by atoms with van der Waals surface area (Å²) in [7, 11) is 1.31. The highest BCUT2D eigenvalue weighted by Gasteiger charge is 2.24. The van der Waals surface area contributed by atoms with E-state index in [4.69, 9.17) is 9.47 Å². The summed E-state index contributed by atoms with van der Waals surface area (Å²) >= 11 is 0. The number of hydrogen-bond acceptors (Lipinski definition) is 4. The van der Waals surface area contributed by atoms with E-state index >= 15 is 0 Å². The van der Waals surface area contributed by atoms with Gasteiger partial charge in [0, 0.05) is 29.1 Å². The standard InChI is InChI=1S/C25H22N2O4/c1-30-25(29)23(15-18-16-26-22-10-6-5-9-21(18)22)27-24(28)17-11-13-20(14-12-17)31-19-7-3-2-4-8-19/h2-14,16,23,26H,15H2,1H3,(H,27,28). The molecule has 1 atom stereocenters. The Morgan fingerprint density at radius 3 is 2.32 bits per heavy atom. The van der Waals surface area contributed by atoms with Crippen LogP contribution < -0.4 is 10.1 Å². The van der Waals surface area contributed by atoms with Crippen molar-refractivity contribution in [1.82, 2.24) is 10.3 Å². The summed E-state index contributed by atoms with van der Waals surface area (Å²) in [5, 5.41) is 3.80. The molecule has 1 heterocycles. The van der Waals surface area contributed by atoms with Gasteiger partial charge in [0.15, 0.2) is 0 Å². The molecule has 0 aliphatic carbocycles. The topological polar surface area (TPSA) is 80.4 Å². The van der Waals surface area contributed by atoms with Crippen LogP contribution >= 0.6 is 0 Å². The molecule has 0 spiro atoms. The highest BCUT2D eigenvalue weighted by molar-refractivity contribution is 5.97. The van der Waals surface area contributed by atoms with E-state index in [1.807, 2.05) is 60.8 Å². The van der Waals surface area contributed by atoms with Gasteiger partial charge in [0.1, 0.15) is 17.5 Å². The van der Waals surface area contributed by atoms with Crippen molar-refractivity contribution in [3.63, 3.8) is 0 Å². The highest BCUT2D eigenvalue weighted by Crippen LogP contribution is 2.22. The van der Waals surface area contributed by atoms with Crippen LogP contribution in [0.4, 0.5) is 0 Å². The van der Waals surface area contributed by atoms with E-state index in [0.717, 1.165) is 16.5 Å². The average Bonchev–Trinajstić information content (AvgIpc) is 3.22. The van der Waals surface area contributed by atoms with Gasteiger partial charge in [-0.05, 0) is 48.0 Å². The number of rotatable bonds is 7. The van der Waals surface area contributed by atoms with E-state index in [-0.39, 0.29) is 5.91 Å². The van der Waals surface area contributed by atoms with Gasteiger partial charge in [-0.1, -0.05) is 36.4 Å². The predicted octanol–water partition coefficient (Wildman–Crippen LogP) is 4.47. The second kappa shape index (κ2) is 9.17. The zero-order valence-electron chi connectivity index (χ0n) is 17.0. The van der Waals surface area contributed by atoms with Gasteiger partial charge >= 0.3 is 5.97 Å². The molecule has 4 aromatic rings. The zero-order chi connectivity index (χ0) is 21.6. The smallest absolute Gasteiger partial charge is 0.328 e. The van der Waals surface area contributed by atoms with E-state index in [1.54, 1.807) is 24.3 Å². The van der Waals surface area contributed by atoms with E-state index in [1.165, 1.54) is 7.11 Å². The van der Waals surface area contributed by atoms with Crippen LogP contribution in [0.25, 0.3) is 10.9 Å². The Kier molecular flexibility index (Phi) is 5.98. The first-order chi connectivity index (χ1) is 15.1.